The fourth-order valence-corrected chi connectivity index (χ4v) is 2.63. The lowest BCUT2D eigenvalue weighted by Gasteiger charge is -2.07. The molecule has 2 aromatic rings. The van der Waals surface area contributed by atoms with Gasteiger partial charge in [-0.05, 0) is 37.6 Å². The monoisotopic (exact) mass is 358 g/mol. The molecule has 0 spiro atoms. The molecule has 0 radical (unpaired) electrons. The molecule has 1 aliphatic rings. The third-order valence-electron chi connectivity index (χ3n) is 4.19. The number of benzene rings is 2. The molecule has 2 unspecified atom stereocenters. The number of ketones is 1. The Hall–Kier alpha value is -3.09. The molecule has 134 valence electrons. The zero-order chi connectivity index (χ0) is 18.8. The van der Waals surface area contributed by atoms with Crippen molar-refractivity contribution in [3.8, 4) is 0 Å². The van der Waals surface area contributed by atoms with Crippen LogP contribution in [0, 0.1) is 23.5 Å². The van der Waals surface area contributed by atoms with Crippen LogP contribution in [-0.2, 0) is 9.59 Å². The molecule has 0 aromatic heterocycles. The first kappa shape index (κ1) is 17.7. The highest BCUT2D eigenvalue weighted by molar-refractivity contribution is 6.03. The van der Waals surface area contributed by atoms with Gasteiger partial charge in [-0.2, -0.15) is 0 Å². The number of nitrogens with one attached hydrogen (secondary N) is 2. The number of rotatable bonds is 5. The predicted octanol–water partition coefficient (Wildman–Crippen LogP) is 3.38. The number of amides is 2. The fourth-order valence-electron chi connectivity index (χ4n) is 2.63. The second-order valence-electron chi connectivity index (χ2n) is 6.19. The number of carbonyl (C=O) groups excluding carboxylic acids is 3. The van der Waals surface area contributed by atoms with E-state index in [4.69, 9.17) is 0 Å². The van der Waals surface area contributed by atoms with Crippen molar-refractivity contribution in [3.63, 3.8) is 0 Å². The second-order valence-corrected chi connectivity index (χ2v) is 6.19. The number of hydrogen-bond acceptors (Lipinski definition) is 3. The Morgan fingerprint density at radius 2 is 1.50 bits per heavy atom. The molecule has 2 aromatic carbocycles. The molecule has 2 atom stereocenters. The molecular formula is C19H16F2N2O3. The largest absolute Gasteiger partial charge is 0.326 e. The van der Waals surface area contributed by atoms with E-state index < -0.39 is 29.4 Å². The highest BCUT2D eigenvalue weighted by Crippen LogP contribution is 2.40. The zero-order valence-electron chi connectivity index (χ0n) is 13.9. The molecule has 2 amide bonds. The Morgan fingerprint density at radius 1 is 0.885 bits per heavy atom. The maximum absolute atomic E-state index is 13.2. The van der Waals surface area contributed by atoms with Gasteiger partial charge < -0.3 is 10.6 Å². The minimum Gasteiger partial charge on any atom is -0.326 e. The number of Topliss-reactive ketones (excluding diaryl/α,β-unsaturated/α-hetero) is 1. The van der Waals surface area contributed by atoms with E-state index in [1.165, 1.54) is 13.0 Å². The molecule has 7 heteroatoms. The second kappa shape index (κ2) is 7.03. The van der Waals surface area contributed by atoms with Crippen LogP contribution in [0.2, 0.25) is 0 Å². The molecule has 26 heavy (non-hydrogen) atoms. The van der Waals surface area contributed by atoms with Crippen LogP contribution in [-0.4, -0.2) is 17.6 Å². The van der Waals surface area contributed by atoms with Gasteiger partial charge in [0.15, 0.2) is 17.4 Å². The summed E-state index contributed by atoms with van der Waals surface area (Å²) in [5.41, 5.74) is 1.09. The van der Waals surface area contributed by atoms with Gasteiger partial charge in [0, 0.05) is 23.0 Å². The lowest BCUT2D eigenvalue weighted by molar-refractivity contribution is -0.122. The van der Waals surface area contributed by atoms with E-state index in [2.05, 4.69) is 10.6 Å². The smallest absolute Gasteiger partial charge is 0.228 e. The van der Waals surface area contributed by atoms with E-state index in [1.807, 2.05) is 0 Å². The van der Waals surface area contributed by atoms with Crippen molar-refractivity contribution in [2.75, 3.05) is 10.6 Å². The van der Waals surface area contributed by atoms with Crippen molar-refractivity contribution in [1.82, 2.24) is 0 Å². The standard InChI is InChI=1S/C19H16F2N2O3/c1-10(24)11-3-2-4-12(7-11)22-18(25)14-9-15(14)19(26)23-13-5-6-16(20)17(21)8-13/h2-8,14-15H,9H2,1H3,(H,22,25)(H,23,26). The molecule has 1 saturated carbocycles. The number of hydrogen-bond donors (Lipinski definition) is 2. The molecule has 3 rings (SSSR count). The number of anilines is 2. The summed E-state index contributed by atoms with van der Waals surface area (Å²) in [4.78, 5) is 35.7. The van der Waals surface area contributed by atoms with Gasteiger partial charge in [-0.25, -0.2) is 8.78 Å². The van der Waals surface area contributed by atoms with Crippen LogP contribution in [0.5, 0.6) is 0 Å². The lowest BCUT2D eigenvalue weighted by Crippen LogP contribution is -2.20. The summed E-state index contributed by atoms with van der Waals surface area (Å²) in [5.74, 6) is -3.95. The van der Waals surface area contributed by atoms with Gasteiger partial charge >= 0.3 is 0 Å². The Morgan fingerprint density at radius 3 is 2.08 bits per heavy atom. The van der Waals surface area contributed by atoms with Crippen molar-refractivity contribution < 1.29 is 23.2 Å². The van der Waals surface area contributed by atoms with Gasteiger partial charge in [0.25, 0.3) is 0 Å². The van der Waals surface area contributed by atoms with Gasteiger partial charge in [0.2, 0.25) is 11.8 Å². The molecule has 0 aliphatic heterocycles. The Bertz CT molecular complexity index is 898. The van der Waals surface area contributed by atoms with E-state index in [9.17, 15) is 23.2 Å². The molecule has 0 heterocycles. The number of carbonyl (C=O) groups is 3. The summed E-state index contributed by atoms with van der Waals surface area (Å²) in [6.45, 7) is 1.43. The highest BCUT2D eigenvalue weighted by Gasteiger charge is 2.48. The normalized spacial score (nSPS) is 18.1. The van der Waals surface area contributed by atoms with Crippen molar-refractivity contribution in [3.05, 3.63) is 59.7 Å². The van der Waals surface area contributed by atoms with Crippen LogP contribution in [0.4, 0.5) is 20.2 Å². The van der Waals surface area contributed by atoms with E-state index in [-0.39, 0.29) is 17.4 Å². The minimum atomic E-state index is -1.06. The lowest BCUT2D eigenvalue weighted by atomic mass is 10.1. The van der Waals surface area contributed by atoms with Crippen molar-refractivity contribution in [1.29, 1.82) is 0 Å². The van der Waals surface area contributed by atoms with Gasteiger partial charge in [0.05, 0.1) is 11.8 Å². The summed E-state index contributed by atoms with van der Waals surface area (Å²) in [5, 5.41) is 5.16. The SMILES string of the molecule is CC(=O)c1cccc(NC(=O)C2CC2C(=O)Nc2ccc(F)c(F)c2)c1. The van der Waals surface area contributed by atoms with E-state index in [0.29, 0.717) is 17.7 Å². The maximum Gasteiger partial charge on any atom is 0.228 e. The highest BCUT2D eigenvalue weighted by atomic mass is 19.2. The summed E-state index contributed by atoms with van der Waals surface area (Å²) >= 11 is 0. The minimum absolute atomic E-state index is 0.115. The van der Waals surface area contributed by atoms with Crippen LogP contribution >= 0.6 is 0 Å². The first-order valence-electron chi connectivity index (χ1n) is 8.03. The Kier molecular flexibility index (Phi) is 4.79. The van der Waals surface area contributed by atoms with Crippen LogP contribution < -0.4 is 10.6 Å². The quantitative estimate of drug-likeness (QED) is 0.805. The molecule has 0 bridgehead atoms. The number of halogens is 2. The fraction of sp³-hybridized carbons (Fsp3) is 0.211. The zero-order valence-corrected chi connectivity index (χ0v) is 13.9. The van der Waals surface area contributed by atoms with Gasteiger partial charge in [-0.1, -0.05) is 12.1 Å². The van der Waals surface area contributed by atoms with Gasteiger partial charge in [-0.3, -0.25) is 14.4 Å². The van der Waals surface area contributed by atoms with Crippen LogP contribution in [0.15, 0.2) is 42.5 Å². The van der Waals surface area contributed by atoms with Gasteiger partial charge in [-0.15, -0.1) is 0 Å². The maximum atomic E-state index is 13.2. The first-order valence-corrected chi connectivity index (χ1v) is 8.03. The molecule has 1 fully saturated rings. The molecule has 5 nitrogen and oxygen atoms in total. The Labute approximate surface area is 148 Å². The average molecular weight is 358 g/mol. The van der Waals surface area contributed by atoms with Gasteiger partial charge in [0.1, 0.15) is 0 Å². The van der Waals surface area contributed by atoms with Crippen molar-refractivity contribution in [2.24, 2.45) is 11.8 Å². The first-order chi connectivity index (χ1) is 12.3. The summed E-state index contributed by atoms with van der Waals surface area (Å²) in [7, 11) is 0. The predicted molar refractivity (Wildman–Crippen MR) is 91.7 cm³/mol. The summed E-state index contributed by atoms with van der Waals surface area (Å²) < 4.78 is 26.1. The van der Waals surface area contributed by atoms with Crippen LogP contribution in [0.3, 0.4) is 0 Å². The van der Waals surface area contributed by atoms with Crippen molar-refractivity contribution >= 4 is 29.0 Å². The van der Waals surface area contributed by atoms with E-state index in [0.717, 1.165) is 12.1 Å². The van der Waals surface area contributed by atoms with E-state index >= 15 is 0 Å². The molecule has 0 saturated heterocycles. The third kappa shape index (κ3) is 3.93. The van der Waals surface area contributed by atoms with E-state index in [1.54, 1.807) is 24.3 Å². The summed E-state index contributed by atoms with van der Waals surface area (Å²) in [6.07, 6.45) is 0.369. The van der Waals surface area contributed by atoms with Crippen molar-refractivity contribution in [2.45, 2.75) is 13.3 Å². The average Bonchev–Trinajstić information content (AvgIpc) is 3.39. The topological polar surface area (TPSA) is 75.3 Å². The summed E-state index contributed by atoms with van der Waals surface area (Å²) in [6, 6.07) is 9.59. The molecule has 2 N–H and O–H groups in total. The van der Waals surface area contributed by atoms with Crippen LogP contribution in [0.1, 0.15) is 23.7 Å². The molecule has 1 aliphatic carbocycles. The van der Waals surface area contributed by atoms with Crippen LogP contribution in [0.25, 0.3) is 0 Å². The Balaban J connectivity index is 1.58. The third-order valence-corrected chi connectivity index (χ3v) is 4.19. The molecular weight excluding hydrogens is 342 g/mol.